The first-order valence-electron chi connectivity index (χ1n) is 8.14. The van der Waals surface area contributed by atoms with E-state index in [1.54, 1.807) is 11.3 Å². The Kier molecular flexibility index (Phi) is 6.17. The van der Waals surface area contributed by atoms with Gasteiger partial charge in [0.25, 0.3) is 0 Å². The van der Waals surface area contributed by atoms with E-state index in [2.05, 4.69) is 35.7 Å². The second-order valence-electron chi connectivity index (χ2n) is 6.34. The second-order valence-corrected chi connectivity index (χ2v) is 7.28. The maximum atomic E-state index is 6.22. The van der Waals surface area contributed by atoms with Gasteiger partial charge in [0.2, 0.25) is 0 Å². The molecule has 1 unspecified atom stereocenters. The lowest BCUT2D eigenvalue weighted by atomic mass is 9.88. The van der Waals surface area contributed by atoms with E-state index in [1.165, 1.54) is 55.9 Å². The van der Waals surface area contributed by atoms with Crippen molar-refractivity contribution >= 4 is 11.3 Å². The molecule has 1 atom stereocenters. The van der Waals surface area contributed by atoms with E-state index in [0.29, 0.717) is 0 Å². The molecule has 0 bridgehead atoms. The molecule has 0 amide bonds. The summed E-state index contributed by atoms with van der Waals surface area (Å²) in [6.07, 6.45) is 4.88. The number of likely N-dealkylation sites (tertiary alicyclic amines) is 1. The Morgan fingerprint density at radius 1 is 1.43 bits per heavy atom. The fraction of sp³-hybridized carbons (Fsp3) is 0.812. The van der Waals surface area contributed by atoms with Crippen LogP contribution >= 0.6 is 11.3 Å². The number of nitrogens with two attached hydrogens (primary N) is 1. The van der Waals surface area contributed by atoms with Crippen molar-refractivity contribution in [2.24, 2.45) is 5.73 Å². The molecule has 0 spiro atoms. The van der Waals surface area contributed by atoms with Crippen LogP contribution in [0.25, 0.3) is 0 Å². The third-order valence-electron chi connectivity index (χ3n) is 4.97. The quantitative estimate of drug-likeness (QED) is 0.877. The van der Waals surface area contributed by atoms with Gasteiger partial charge in [-0.2, -0.15) is 0 Å². The van der Waals surface area contributed by atoms with Crippen LogP contribution < -0.4 is 5.73 Å². The predicted molar refractivity (Wildman–Crippen MR) is 90.7 cm³/mol. The minimum Gasteiger partial charge on any atom is -0.329 e. The molecule has 1 aliphatic heterocycles. The van der Waals surface area contributed by atoms with Crippen molar-refractivity contribution in [2.45, 2.75) is 51.6 Å². The van der Waals surface area contributed by atoms with Crippen molar-refractivity contribution in [1.82, 2.24) is 14.8 Å². The molecular weight excluding hydrogens is 280 g/mol. The average molecular weight is 311 g/mol. The number of likely N-dealkylation sites (N-methyl/N-ethyl adjacent to an activating group) is 1. The van der Waals surface area contributed by atoms with Crippen LogP contribution in [-0.2, 0) is 6.54 Å². The predicted octanol–water partition coefficient (Wildman–Crippen LogP) is 2.48. The Balaban J connectivity index is 2.04. The second kappa shape index (κ2) is 7.68. The first-order chi connectivity index (χ1) is 10.1. The van der Waals surface area contributed by atoms with Crippen molar-refractivity contribution in [3.05, 3.63) is 16.1 Å². The molecule has 1 aliphatic rings. The molecular formula is C16H30N4S. The smallest absolute Gasteiger partial charge is 0.0798 e. The molecule has 0 aliphatic carbocycles. The highest BCUT2D eigenvalue weighted by molar-refractivity contribution is 7.09. The molecule has 4 nitrogen and oxygen atoms in total. The van der Waals surface area contributed by atoms with Crippen LogP contribution in [0.2, 0.25) is 0 Å². The van der Waals surface area contributed by atoms with Gasteiger partial charge < -0.3 is 10.6 Å². The van der Waals surface area contributed by atoms with E-state index >= 15 is 0 Å². The highest BCUT2D eigenvalue weighted by Crippen LogP contribution is 2.29. The average Bonchev–Trinajstić information content (AvgIpc) is 2.76. The summed E-state index contributed by atoms with van der Waals surface area (Å²) in [5.74, 6) is 0. The van der Waals surface area contributed by atoms with Crippen molar-refractivity contribution < 1.29 is 0 Å². The Labute approximate surface area is 133 Å². The first-order valence-corrected chi connectivity index (χ1v) is 9.02. The zero-order chi connectivity index (χ0) is 15.3. The van der Waals surface area contributed by atoms with E-state index in [1.807, 2.05) is 5.51 Å². The molecule has 1 aromatic heterocycles. The summed E-state index contributed by atoms with van der Waals surface area (Å²) in [5, 5.41) is 0. The Morgan fingerprint density at radius 2 is 2.24 bits per heavy atom. The summed E-state index contributed by atoms with van der Waals surface area (Å²) < 4.78 is 0. The minimum absolute atomic E-state index is 0.152. The molecule has 1 saturated heterocycles. The number of rotatable bonds is 6. The molecule has 0 saturated carbocycles. The summed E-state index contributed by atoms with van der Waals surface area (Å²) in [6, 6.07) is 0. The van der Waals surface area contributed by atoms with E-state index < -0.39 is 0 Å². The van der Waals surface area contributed by atoms with Crippen LogP contribution in [0.15, 0.2) is 5.51 Å². The number of hydrogen-bond acceptors (Lipinski definition) is 5. The van der Waals surface area contributed by atoms with Crippen molar-refractivity contribution in [3.8, 4) is 0 Å². The third kappa shape index (κ3) is 4.03. The highest BCUT2D eigenvalue weighted by atomic mass is 32.1. The molecule has 2 heterocycles. The molecule has 5 heteroatoms. The van der Waals surface area contributed by atoms with Crippen LogP contribution in [0.3, 0.4) is 0 Å². The number of aryl methyl sites for hydroxylation is 1. The summed E-state index contributed by atoms with van der Waals surface area (Å²) in [6.45, 7) is 9.71. The van der Waals surface area contributed by atoms with Gasteiger partial charge in [-0.05, 0) is 59.3 Å². The van der Waals surface area contributed by atoms with Crippen molar-refractivity contribution in [3.63, 3.8) is 0 Å². The molecule has 21 heavy (non-hydrogen) atoms. The summed E-state index contributed by atoms with van der Waals surface area (Å²) in [5.41, 5.74) is 9.49. The van der Waals surface area contributed by atoms with Crippen LogP contribution in [0.1, 0.15) is 43.2 Å². The van der Waals surface area contributed by atoms with E-state index in [4.69, 9.17) is 5.73 Å². The molecule has 2 rings (SSSR count). The zero-order valence-corrected chi connectivity index (χ0v) is 14.6. The van der Waals surface area contributed by atoms with Crippen molar-refractivity contribution in [1.29, 1.82) is 0 Å². The van der Waals surface area contributed by atoms with E-state index in [0.717, 1.165) is 13.1 Å². The molecule has 0 aromatic carbocycles. The molecule has 1 fully saturated rings. The summed E-state index contributed by atoms with van der Waals surface area (Å²) in [7, 11) is 2.24. The molecule has 0 radical (unpaired) electrons. The van der Waals surface area contributed by atoms with Crippen LogP contribution in [0.5, 0.6) is 0 Å². The van der Waals surface area contributed by atoms with Crippen LogP contribution in [0, 0.1) is 6.92 Å². The lowest BCUT2D eigenvalue weighted by Crippen LogP contribution is -2.52. The van der Waals surface area contributed by atoms with Gasteiger partial charge in [-0.15, -0.1) is 11.3 Å². The Morgan fingerprint density at radius 3 is 2.86 bits per heavy atom. The standard InChI is InChI=1S/C16H30N4S/c1-4-8-20-9-5-6-16(12-17,7-10-20)19(3)11-15-14(2)18-13-21-15/h13H,4-12,17H2,1-3H3. The van der Waals surface area contributed by atoms with Gasteiger partial charge in [0.1, 0.15) is 0 Å². The molecule has 120 valence electrons. The largest absolute Gasteiger partial charge is 0.329 e. The number of thiazole rings is 1. The lowest BCUT2D eigenvalue weighted by molar-refractivity contribution is 0.1000. The van der Waals surface area contributed by atoms with Gasteiger partial charge in [-0.1, -0.05) is 6.92 Å². The van der Waals surface area contributed by atoms with Gasteiger partial charge in [-0.25, -0.2) is 4.98 Å². The minimum atomic E-state index is 0.152. The normalized spacial score (nSPS) is 24.4. The summed E-state index contributed by atoms with van der Waals surface area (Å²) >= 11 is 1.76. The fourth-order valence-electron chi connectivity index (χ4n) is 3.38. The highest BCUT2D eigenvalue weighted by Gasteiger charge is 2.35. The summed E-state index contributed by atoms with van der Waals surface area (Å²) in [4.78, 5) is 10.8. The zero-order valence-electron chi connectivity index (χ0n) is 13.8. The number of hydrogen-bond donors (Lipinski definition) is 1. The Bertz CT molecular complexity index is 434. The maximum absolute atomic E-state index is 6.22. The van der Waals surface area contributed by atoms with Gasteiger partial charge in [0.15, 0.2) is 0 Å². The molecule has 2 N–H and O–H groups in total. The number of nitrogens with zero attached hydrogens (tertiary/aromatic N) is 3. The van der Waals surface area contributed by atoms with Gasteiger partial charge in [0, 0.05) is 23.5 Å². The van der Waals surface area contributed by atoms with Gasteiger partial charge in [0.05, 0.1) is 11.2 Å². The topological polar surface area (TPSA) is 45.4 Å². The monoisotopic (exact) mass is 310 g/mol. The Hall–Kier alpha value is -0.490. The first kappa shape index (κ1) is 16.9. The molecule has 1 aromatic rings. The maximum Gasteiger partial charge on any atom is 0.0798 e. The van der Waals surface area contributed by atoms with E-state index in [9.17, 15) is 0 Å². The van der Waals surface area contributed by atoms with Gasteiger partial charge in [-0.3, -0.25) is 4.90 Å². The van der Waals surface area contributed by atoms with Crippen LogP contribution in [-0.4, -0.2) is 53.5 Å². The van der Waals surface area contributed by atoms with Gasteiger partial charge >= 0.3 is 0 Å². The number of aromatic nitrogens is 1. The van der Waals surface area contributed by atoms with Crippen molar-refractivity contribution in [2.75, 3.05) is 33.2 Å². The van der Waals surface area contributed by atoms with Crippen LogP contribution in [0.4, 0.5) is 0 Å². The third-order valence-corrected chi connectivity index (χ3v) is 5.88. The lowest BCUT2D eigenvalue weighted by Gasteiger charge is -2.40. The SMILES string of the molecule is CCCN1CCCC(CN)(N(C)Cc2scnc2C)CC1. The van der Waals surface area contributed by atoms with E-state index in [-0.39, 0.29) is 5.54 Å². The fourth-order valence-corrected chi connectivity index (χ4v) is 4.21.